The molecule has 0 amide bonds. The van der Waals surface area contributed by atoms with Gasteiger partial charge in [0.1, 0.15) is 0 Å². The summed E-state index contributed by atoms with van der Waals surface area (Å²) in [5.74, 6) is 0. The monoisotopic (exact) mass is 880 g/mol. The largest absolute Gasteiger partial charge is 0.334 e. The average Bonchev–Trinajstić information content (AvgIpc) is 3.92. The Bertz CT molecular complexity index is 3690. The van der Waals surface area contributed by atoms with Gasteiger partial charge in [-0.3, -0.25) is 0 Å². The fourth-order valence-corrected chi connectivity index (χ4v) is 11.6. The normalized spacial score (nSPS) is 14.8. The molecule has 0 spiro atoms. The minimum Gasteiger partial charge on any atom is -0.334 e. The average molecular weight is 881 g/mol. The van der Waals surface area contributed by atoms with E-state index in [1.807, 2.05) is 0 Å². The van der Waals surface area contributed by atoms with Crippen LogP contribution in [0, 0.1) is 0 Å². The quantitative estimate of drug-likeness (QED) is 0.140. The highest BCUT2D eigenvalue weighted by molar-refractivity contribution is 6.10. The van der Waals surface area contributed by atoms with Gasteiger partial charge < -0.3 is 9.47 Å². The highest BCUT2D eigenvalue weighted by atomic mass is 15.2. The van der Waals surface area contributed by atoms with Crippen LogP contribution in [0.5, 0.6) is 0 Å². The first-order valence-corrected chi connectivity index (χ1v) is 24.1. The lowest BCUT2D eigenvalue weighted by molar-refractivity contribution is 0.652. The Kier molecular flexibility index (Phi) is 9.91. The molecule has 2 heteroatoms. The van der Waals surface area contributed by atoms with Crippen LogP contribution >= 0.6 is 0 Å². The van der Waals surface area contributed by atoms with Crippen LogP contribution in [0.1, 0.15) is 28.7 Å². The van der Waals surface area contributed by atoms with Crippen molar-refractivity contribution in [1.82, 2.24) is 4.57 Å². The highest BCUT2D eigenvalue weighted by Crippen LogP contribution is 2.58. The Morgan fingerprint density at radius 2 is 0.913 bits per heavy atom. The second-order valence-electron chi connectivity index (χ2n) is 18.4. The van der Waals surface area contributed by atoms with E-state index in [9.17, 15) is 0 Å². The lowest BCUT2D eigenvalue weighted by Crippen LogP contribution is -2.36. The van der Waals surface area contributed by atoms with Crippen LogP contribution < -0.4 is 4.90 Å². The van der Waals surface area contributed by atoms with Gasteiger partial charge >= 0.3 is 0 Å². The van der Waals surface area contributed by atoms with Gasteiger partial charge in [0.15, 0.2) is 0 Å². The van der Waals surface area contributed by atoms with E-state index >= 15 is 0 Å². The Morgan fingerprint density at radius 3 is 1.64 bits per heavy atom. The van der Waals surface area contributed by atoms with Crippen LogP contribution in [0.25, 0.3) is 66.4 Å². The van der Waals surface area contributed by atoms with Crippen LogP contribution in [-0.4, -0.2) is 10.6 Å². The summed E-state index contributed by atoms with van der Waals surface area (Å²) in [6, 6.07) is 95.9. The van der Waals surface area contributed by atoms with Crippen molar-refractivity contribution in [2.75, 3.05) is 4.90 Å². The number of aromatic nitrogens is 1. The second kappa shape index (κ2) is 16.9. The van der Waals surface area contributed by atoms with Crippen molar-refractivity contribution in [3.63, 3.8) is 0 Å². The van der Waals surface area contributed by atoms with E-state index in [1.54, 1.807) is 0 Å². The Hall–Kier alpha value is -8.72. The number of rotatable bonds is 9. The maximum atomic E-state index is 2.55. The minimum absolute atomic E-state index is 0.0573. The smallest absolute Gasteiger partial charge is 0.0677 e. The summed E-state index contributed by atoms with van der Waals surface area (Å²) in [6.07, 6.45) is 5.71. The van der Waals surface area contributed by atoms with E-state index in [-0.39, 0.29) is 6.04 Å². The number of nitrogens with zero attached hydrogens (tertiary/aromatic N) is 2. The number of fused-ring (bicyclic) bond motifs is 5. The third-order valence-corrected chi connectivity index (χ3v) is 14.6. The molecule has 1 atom stereocenters. The molecular formula is C67H48N2. The summed E-state index contributed by atoms with van der Waals surface area (Å²) < 4.78 is 2.42. The standard InChI is InChI=1S/C67H48N2/c1-5-19-47(20-6-1)48-35-38-56(39-36-48)69-65-34-16-14-32-61(65)62-41-37-52(45-66(62)69)50-22-17-21-49(43-50)51-23-18-30-57(44-51)68(55-28-11-4-12-29-55)58-40-42-60-59-31-13-15-33-63(59)67(64(60)46-58,53-24-7-2-8-25-53)54-26-9-3-10-27-54/h1-45,58H,46H2. The molecule has 0 aliphatic heterocycles. The summed E-state index contributed by atoms with van der Waals surface area (Å²) in [5, 5.41) is 2.50. The molecule has 2 nitrogen and oxygen atoms in total. The lowest BCUT2D eigenvalue weighted by atomic mass is 9.65. The zero-order valence-electron chi connectivity index (χ0n) is 38.2. The molecule has 0 radical (unpaired) electrons. The van der Waals surface area contributed by atoms with E-state index in [1.165, 1.54) is 94.3 Å². The van der Waals surface area contributed by atoms with Gasteiger partial charge in [-0.05, 0) is 128 Å². The first-order valence-electron chi connectivity index (χ1n) is 24.1. The van der Waals surface area contributed by atoms with E-state index in [2.05, 4.69) is 282 Å². The summed E-state index contributed by atoms with van der Waals surface area (Å²) in [6.45, 7) is 0. The van der Waals surface area contributed by atoms with Crippen LogP contribution in [-0.2, 0) is 5.41 Å². The van der Waals surface area contributed by atoms with Crippen molar-refractivity contribution in [3.05, 3.63) is 301 Å². The molecule has 2 aliphatic rings. The SMILES string of the molecule is C1=CC(N(c2ccccc2)c2cccc(-c3cccc(-c4ccc5c6ccccc6n(-c6ccc(-c7ccccc7)cc6)c5c4)c3)c2)CC2=C1c1ccccc1C2(c1ccccc1)c1ccccc1. The highest BCUT2D eigenvalue weighted by Gasteiger charge is 2.48. The maximum Gasteiger partial charge on any atom is 0.0677 e. The van der Waals surface area contributed by atoms with Gasteiger partial charge in [-0.25, -0.2) is 0 Å². The molecule has 1 heterocycles. The zero-order valence-corrected chi connectivity index (χ0v) is 38.2. The molecule has 69 heavy (non-hydrogen) atoms. The van der Waals surface area contributed by atoms with Crippen molar-refractivity contribution in [3.8, 4) is 39.1 Å². The third-order valence-electron chi connectivity index (χ3n) is 14.6. The van der Waals surface area contributed by atoms with Crippen molar-refractivity contribution < 1.29 is 0 Å². The fraction of sp³-hybridized carbons (Fsp3) is 0.0448. The summed E-state index contributed by atoms with van der Waals surface area (Å²) >= 11 is 0. The van der Waals surface area contributed by atoms with Crippen molar-refractivity contribution in [2.45, 2.75) is 17.9 Å². The number of hydrogen-bond donors (Lipinski definition) is 0. The molecule has 10 aromatic carbocycles. The Balaban J connectivity index is 0.882. The molecule has 0 N–H and O–H groups in total. The van der Waals surface area contributed by atoms with Gasteiger partial charge in [0.2, 0.25) is 0 Å². The van der Waals surface area contributed by atoms with E-state index < -0.39 is 5.41 Å². The third kappa shape index (κ3) is 6.79. The Labute approximate surface area is 404 Å². The molecule has 326 valence electrons. The van der Waals surface area contributed by atoms with Crippen LogP contribution in [0.2, 0.25) is 0 Å². The van der Waals surface area contributed by atoms with E-state index in [0.717, 1.165) is 17.8 Å². The molecule has 0 fully saturated rings. The van der Waals surface area contributed by atoms with Gasteiger partial charge in [0.05, 0.1) is 22.5 Å². The lowest BCUT2D eigenvalue weighted by Gasteiger charge is -2.40. The number of anilines is 2. The van der Waals surface area contributed by atoms with Crippen LogP contribution in [0.3, 0.4) is 0 Å². The minimum atomic E-state index is -0.424. The number of para-hydroxylation sites is 2. The van der Waals surface area contributed by atoms with Gasteiger partial charge in [0, 0.05) is 27.8 Å². The van der Waals surface area contributed by atoms with Crippen LogP contribution in [0.15, 0.2) is 279 Å². The topological polar surface area (TPSA) is 8.17 Å². The molecule has 13 rings (SSSR count). The van der Waals surface area contributed by atoms with Gasteiger partial charge in [-0.2, -0.15) is 0 Å². The molecule has 0 bridgehead atoms. The first kappa shape index (κ1) is 40.5. The van der Waals surface area contributed by atoms with Crippen molar-refractivity contribution in [1.29, 1.82) is 0 Å². The Morgan fingerprint density at radius 1 is 0.391 bits per heavy atom. The maximum absolute atomic E-state index is 2.55. The van der Waals surface area contributed by atoms with Gasteiger partial charge in [-0.15, -0.1) is 0 Å². The molecule has 0 saturated carbocycles. The molecule has 1 aromatic heterocycles. The molecular weight excluding hydrogens is 833 g/mol. The van der Waals surface area contributed by atoms with E-state index in [4.69, 9.17) is 0 Å². The van der Waals surface area contributed by atoms with Crippen molar-refractivity contribution >= 4 is 38.8 Å². The molecule has 0 saturated heterocycles. The zero-order chi connectivity index (χ0) is 45.7. The van der Waals surface area contributed by atoms with Gasteiger partial charge in [-0.1, -0.05) is 218 Å². The molecule has 2 aliphatic carbocycles. The number of hydrogen-bond acceptors (Lipinski definition) is 1. The molecule has 1 unspecified atom stereocenters. The fourth-order valence-electron chi connectivity index (χ4n) is 11.6. The van der Waals surface area contributed by atoms with Crippen LogP contribution in [0.4, 0.5) is 11.4 Å². The molecule has 11 aromatic rings. The predicted molar refractivity (Wildman–Crippen MR) is 289 cm³/mol. The predicted octanol–water partition coefficient (Wildman–Crippen LogP) is 17.1. The van der Waals surface area contributed by atoms with E-state index in [0.29, 0.717) is 0 Å². The summed E-state index contributed by atoms with van der Waals surface area (Å²) in [5.41, 5.74) is 20.7. The second-order valence-corrected chi connectivity index (χ2v) is 18.4. The summed E-state index contributed by atoms with van der Waals surface area (Å²) in [4.78, 5) is 2.55. The summed E-state index contributed by atoms with van der Waals surface area (Å²) in [7, 11) is 0. The van der Waals surface area contributed by atoms with Gasteiger partial charge in [0.25, 0.3) is 0 Å². The number of benzene rings is 10. The number of allylic oxidation sites excluding steroid dienone is 2. The first-order chi connectivity index (χ1) is 34.2. The van der Waals surface area contributed by atoms with Crippen molar-refractivity contribution in [2.24, 2.45) is 0 Å².